The largest absolute Gasteiger partial charge is 0.492 e. The number of hydrogen-bond donors (Lipinski definition) is 0. The molecule has 0 N–H and O–H groups in total. The van der Waals surface area contributed by atoms with E-state index in [1.54, 1.807) is 0 Å². The van der Waals surface area contributed by atoms with Crippen LogP contribution >= 0.6 is 34.5 Å². The van der Waals surface area contributed by atoms with Crippen LogP contribution in [-0.2, 0) is 0 Å². The van der Waals surface area contributed by atoms with Crippen LogP contribution in [-0.4, -0.2) is 47.3 Å². The highest BCUT2D eigenvalue weighted by Crippen LogP contribution is 2.18. The molecule has 1 aromatic carbocycles. The van der Waals surface area contributed by atoms with Crippen LogP contribution in [0.15, 0.2) is 24.3 Å². The minimum atomic E-state index is 0.694. The van der Waals surface area contributed by atoms with Gasteiger partial charge in [-0.15, -0.1) is 0 Å². The molecule has 2 rings (SSSR count). The molecule has 0 saturated carbocycles. The zero-order valence-electron chi connectivity index (χ0n) is 11.2. The molecule has 0 unspecified atom stereocenters. The van der Waals surface area contributed by atoms with Gasteiger partial charge in [-0.2, -0.15) is 0 Å². The highest BCUT2D eigenvalue weighted by Gasteiger charge is 2.20. The van der Waals surface area contributed by atoms with Crippen molar-refractivity contribution < 1.29 is 4.74 Å². The molecule has 3 nitrogen and oxygen atoms in total. The molecule has 0 aliphatic carbocycles. The van der Waals surface area contributed by atoms with Crippen molar-refractivity contribution >= 4 is 34.5 Å². The van der Waals surface area contributed by atoms with Gasteiger partial charge in [0, 0.05) is 53.6 Å². The molecule has 0 radical (unpaired) electrons. The van der Waals surface area contributed by atoms with E-state index in [-0.39, 0.29) is 0 Å². The maximum Gasteiger partial charge on any atom is 0.119 e. The fraction of sp³-hybridized carbons (Fsp3) is 0.571. The number of hydrogen-bond acceptors (Lipinski definition) is 3. The number of ether oxygens (including phenoxy) is 1. The Morgan fingerprint density at radius 2 is 1.95 bits per heavy atom. The van der Waals surface area contributed by atoms with E-state index in [1.165, 1.54) is 25.9 Å². The first-order chi connectivity index (χ1) is 9.15. The maximum absolute atomic E-state index is 5.84. The van der Waals surface area contributed by atoms with Crippen LogP contribution < -0.4 is 4.74 Å². The van der Waals surface area contributed by atoms with Gasteiger partial charge in [-0.05, 0) is 44.2 Å². The van der Waals surface area contributed by atoms with Crippen LogP contribution in [0.25, 0.3) is 0 Å². The topological polar surface area (TPSA) is 15.7 Å². The third-order valence-corrected chi connectivity index (χ3v) is 4.78. The van der Waals surface area contributed by atoms with Gasteiger partial charge in [0.15, 0.2) is 0 Å². The van der Waals surface area contributed by atoms with Crippen LogP contribution in [0.1, 0.15) is 12.8 Å². The molecule has 0 spiro atoms. The lowest BCUT2D eigenvalue weighted by molar-refractivity contribution is 0.152. The minimum absolute atomic E-state index is 0.694. The number of piperidine rings is 1. The van der Waals surface area contributed by atoms with Crippen molar-refractivity contribution in [3.63, 3.8) is 0 Å². The lowest BCUT2D eigenvalue weighted by atomic mass is 10.1. The monoisotopic (exact) mass is 394 g/mol. The average molecular weight is 395 g/mol. The quantitative estimate of drug-likeness (QED) is 0.562. The third-order valence-electron chi connectivity index (χ3n) is 3.56. The van der Waals surface area contributed by atoms with Crippen molar-refractivity contribution in [3.8, 4) is 5.75 Å². The molecule has 0 bridgehead atoms. The third kappa shape index (κ3) is 5.10. The molecule has 19 heavy (non-hydrogen) atoms. The van der Waals surface area contributed by atoms with Crippen molar-refractivity contribution in [2.45, 2.75) is 18.9 Å². The van der Waals surface area contributed by atoms with Crippen molar-refractivity contribution in [3.05, 3.63) is 29.3 Å². The molecule has 1 aromatic rings. The average Bonchev–Trinajstić information content (AvgIpc) is 2.41. The summed E-state index contributed by atoms with van der Waals surface area (Å²) in [5.41, 5.74) is 0. The summed E-state index contributed by atoms with van der Waals surface area (Å²) in [4.78, 5) is 2.42. The van der Waals surface area contributed by atoms with Crippen molar-refractivity contribution in [2.24, 2.45) is 0 Å². The number of nitrogens with zero attached hydrogens (tertiary/aromatic N) is 2. The Labute approximate surface area is 134 Å². The summed E-state index contributed by atoms with van der Waals surface area (Å²) in [5, 5.41) is 0.745. The van der Waals surface area contributed by atoms with Crippen LogP contribution in [0.4, 0.5) is 0 Å². The fourth-order valence-corrected chi connectivity index (χ4v) is 2.98. The predicted octanol–water partition coefficient (Wildman–Crippen LogP) is 3.47. The Morgan fingerprint density at radius 1 is 1.32 bits per heavy atom. The Balaban J connectivity index is 1.69. The number of benzene rings is 1. The second-order valence-corrected chi connectivity index (χ2v) is 6.72. The van der Waals surface area contributed by atoms with E-state index in [0.717, 1.165) is 23.9 Å². The summed E-state index contributed by atoms with van der Waals surface area (Å²) in [6, 6.07) is 8.24. The molecule has 5 heteroatoms. The first kappa shape index (κ1) is 15.4. The predicted molar refractivity (Wildman–Crippen MR) is 88.2 cm³/mol. The van der Waals surface area contributed by atoms with E-state index in [2.05, 4.69) is 37.9 Å². The Bertz CT molecular complexity index is 380. The molecular formula is C14H20ClIN2O. The summed E-state index contributed by atoms with van der Waals surface area (Å²) < 4.78 is 8.10. The Hall–Kier alpha value is -0.0400. The summed E-state index contributed by atoms with van der Waals surface area (Å²) >= 11 is 8.25. The second-order valence-electron chi connectivity index (χ2n) is 4.92. The molecule has 1 fully saturated rings. The molecule has 0 atom stereocenters. The van der Waals surface area contributed by atoms with Crippen LogP contribution in [0.5, 0.6) is 5.75 Å². The number of halogens is 2. The van der Waals surface area contributed by atoms with Gasteiger partial charge in [0.05, 0.1) is 0 Å². The molecule has 1 aliphatic rings. The van der Waals surface area contributed by atoms with E-state index < -0.39 is 0 Å². The molecule has 0 aromatic heterocycles. The van der Waals surface area contributed by atoms with E-state index in [0.29, 0.717) is 6.04 Å². The maximum atomic E-state index is 5.84. The van der Waals surface area contributed by atoms with E-state index >= 15 is 0 Å². The minimum Gasteiger partial charge on any atom is -0.492 e. The van der Waals surface area contributed by atoms with E-state index in [4.69, 9.17) is 16.3 Å². The first-order valence-electron chi connectivity index (χ1n) is 6.64. The molecule has 1 heterocycles. The van der Waals surface area contributed by atoms with Crippen LogP contribution in [0.3, 0.4) is 0 Å². The van der Waals surface area contributed by atoms with Crippen LogP contribution in [0, 0.1) is 0 Å². The zero-order chi connectivity index (χ0) is 13.7. The van der Waals surface area contributed by atoms with Gasteiger partial charge in [0.25, 0.3) is 0 Å². The highest BCUT2D eigenvalue weighted by molar-refractivity contribution is 14.1. The smallest absolute Gasteiger partial charge is 0.119 e. The van der Waals surface area contributed by atoms with Crippen LogP contribution in [0.2, 0.25) is 5.02 Å². The molecular weight excluding hydrogens is 375 g/mol. The molecule has 0 amide bonds. The normalized spacial score (nSPS) is 17.9. The SMILES string of the molecule is CN(CCOc1ccc(Cl)cc1)C1CCN(I)CC1. The molecule has 1 aliphatic heterocycles. The van der Waals surface area contributed by atoms with Crippen molar-refractivity contribution in [1.29, 1.82) is 0 Å². The molecule has 1 saturated heterocycles. The zero-order valence-corrected chi connectivity index (χ0v) is 14.1. The standard InChI is InChI=1S/C14H20ClIN2O/c1-17(13-6-8-18(16)9-7-13)10-11-19-14-4-2-12(15)3-5-14/h2-5,13H,6-11H2,1H3. The summed E-state index contributed by atoms with van der Waals surface area (Å²) in [7, 11) is 2.19. The fourth-order valence-electron chi connectivity index (χ4n) is 2.30. The number of rotatable bonds is 5. The van der Waals surface area contributed by atoms with E-state index in [9.17, 15) is 0 Å². The van der Waals surface area contributed by atoms with Gasteiger partial charge in [0.1, 0.15) is 12.4 Å². The van der Waals surface area contributed by atoms with Gasteiger partial charge in [0.2, 0.25) is 0 Å². The Morgan fingerprint density at radius 3 is 2.58 bits per heavy atom. The van der Waals surface area contributed by atoms with Gasteiger partial charge < -0.3 is 4.74 Å². The summed E-state index contributed by atoms with van der Waals surface area (Å²) in [6.07, 6.45) is 2.50. The van der Waals surface area contributed by atoms with Gasteiger partial charge in [-0.3, -0.25) is 4.90 Å². The van der Waals surface area contributed by atoms with Crippen molar-refractivity contribution in [2.75, 3.05) is 33.3 Å². The highest BCUT2D eigenvalue weighted by atomic mass is 127. The Kier molecular flexibility index (Phi) is 6.19. The van der Waals surface area contributed by atoms with Gasteiger partial charge in [-0.25, -0.2) is 3.11 Å². The van der Waals surface area contributed by atoms with Gasteiger partial charge in [-0.1, -0.05) is 11.6 Å². The number of likely N-dealkylation sites (N-methyl/N-ethyl adjacent to an activating group) is 1. The first-order valence-corrected chi connectivity index (χ1v) is 7.99. The van der Waals surface area contributed by atoms with Gasteiger partial charge >= 0.3 is 0 Å². The van der Waals surface area contributed by atoms with E-state index in [1.807, 2.05) is 24.3 Å². The molecule has 106 valence electrons. The summed E-state index contributed by atoms with van der Waals surface area (Å²) in [6.45, 7) is 4.07. The lowest BCUT2D eigenvalue weighted by Gasteiger charge is -2.34. The van der Waals surface area contributed by atoms with Crippen molar-refractivity contribution in [1.82, 2.24) is 8.01 Å². The lowest BCUT2D eigenvalue weighted by Crippen LogP contribution is -2.41. The summed E-state index contributed by atoms with van der Waals surface area (Å²) in [5.74, 6) is 0.889. The second kappa shape index (κ2) is 7.67.